The number of rotatable bonds is 4. The van der Waals surface area contributed by atoms with Crippen molar-refractivity contribution in [1.82, 2.24) is 9.55 Å². The Kier molecular flexibility index (Phi) is 3.24. The number of nitrogens with zero attached hydrogens (tertiary/aromatic N) is 2. The molecule has 0 aromatic carbocycles. The smallest absolute Gasteiger partial charge is 0.312 e. The zero-order valence-electron chi connectivity index (χ0n) is 9.09. The van der Waals surface area contributed by atoms with Gasteiger partial charge in [-0.15, -0.1) is 0 Å². The second kappa shape index (κ2) is 4.65. The van der Waals surface area contributed by atoms with E-state index < -0.39 is 11.9 Å². The van der Waals surface area contributed by atoms with Crippen LogP contribution in [0.1, 0.15) is 36.7 Å². The molecule has 5 nitrogen and oxygen atoms in total. The fraction of sp³-hybridized carbons (Fsp3) is 0.636. The maximum absolute atomic E-state index is 11.1. The SMILES string of the molecule is O=C(O)C1CCCn2c1cnc2CCCO. The van der Waals surface area contributed by atoms with E-state index in [4.69, 9.17) is 10.2 Å². The Morgan fingerprint density at radius 1 is 1.62 bits per heavy atom. The van der Waals surface area contributed by atoms with Crippen LogP contribution >= 0.6 is 0 Å². The zero-order chi connectivity index (χ0) is 11.5. The van der Waals surface area contributed by atoms with E-state index in [0.29, 0.717) is 19.3 Å². The van der Waals surface area contributed by atoms with E-state index in [1.807, 2.05) is 4.57 Å². The maximum atomic E-state index is 11.1. The molecule has 1 unspecified atom stereocenters. The summed E-state index contributed by atoms with van der Waals surface area (Å²) < 4.78 is 2.00. The number of carbonyl (C=O) groups is 1. The van der Waals surface area contributed by atoms with Gasteiger partial charge in [-0.05, 0) is 19.3 Å². The van der Waals surface area contributed by atoms with Gasteiger partial charge in [-0.2, -0.15) is 0 Å². The van der Waals surface area contributed by atoms with Gasteiger partial charge in [-0.25, -0.2) is 4.98 Å². The highest BCUT2D eigenvalue weighted by Gasteiger charge is 2.28. The van der Waals surface area contributed by atoms with Gasteiger partial charge < -0.3 is 14.8 Å². The molecule has 0 bridgehead atoms. The van der Waals surface area contributed by atoms with Crippen molar-refractivity contribution >= 4 is 5.97 Å². The second-order valence-electron chi connectivity index (χ2n) is 4.11. The van der Waals surface area contributed by atoms with Crippen molar-refractivity contribution < 1.29 is 15.0 Å². The Balaban J connectivity index is 2.24. The highest BCUT2D eigenvalue weighted by atomic mass is 16.4. The van der Waals surface area contributed by atoms with Crippen LogP contribution < -0.4 is 0 Å². The normalized spacial score (nSPS) is 19.4. The van der Waals surface area contributed by atoms with Crippen molar-refractivity contribution in [2.45, 2.75) is 38.1 Å². The molecule has 1 aliphatic heterocycles. The van der Waals surface area contributed by atoms with Gasteiger partial charge in [0.2, 0.25) is 0 Å². The number of aliphatic hydroxyl groups excluding tert-OH is 1. The van der Waals surface area contributed by atoms with Crippen molar-refractivity contribution in [2.24, 2.45) is 0 Å². The Labute approximate surface area is 93.7 Å². The minimum atomic E-state index is -0.769. The first kappa shape index (κ1) is 11.1. The van der Waals surface area contributed by atoms with Gasteiger partial charge in [0.15, 0.2) is 0 Å². The van der Waals surface area contributed by atoms with Crippen LogP contribution in [0.3, 0.4) is 0 Å². The third-order valence-electron chi connectivity index (χ3n) is 3.06. The average molecular weight is 224 g/mol. The molecule has 16 heavy (non-hydrogen) atoms. The van der Waals surface area contributed by atoms with E-state index in [-0.39, 0.29) is 6.61 Å². The number of carboxylic acids is 1. The van der Waals surface area contributed by atoms with Crippen molar-refractivity contribution in [3.8, 4) is 0 Å². The molecule has 0 aliphatic carbocycles. The Morgan fingerprint density at radius 3 is 3.12 bits per heavy atom. The second-order valence-corrected chi connectivity index (χ2v) is 4.11. The van der Waals surface area contributed by atoms with Crippen molar-refractivity contribution in [3.63, 3.8) is 0 Å². The lowest BCUT2D eigenvalue weighted by molar-refractivity contribution is -0.139. The third kappa shape index (κ3) is 1.95. The van der Waals surface area contributed by atoms with Gasteiger partial charge >= 0.3 is 5.97 Å². The predicted molar refractivity (Wildman–Crippen MR) is 57.2 cm³/mol. The van der Waals surface area contributed by atoms with Crippen LogP contribution in [0.2, 0.25) is 0 Å². The Hall–Kier alpha value is -1.36. The summed E-state index contributed by atoms with van der Waals surface area (Å²) in [5.41, 5.74) is 0.812. The van der Waals surface area contributed by atoms with Crippen molar-refractivity contribution in [3.05, 3.63) is 17.7 Å². The number of fused-ring (bicyclic) bond motifs is 1. The molecule has 2 rings (SSSR count). The first-order valence-corrected chi connectivity index (χ1v) is 5.62. The molecule has 0 saturated carbocycles. The molecule has 5 heteroatoms. The minimum Gasteiger partial charge on any atom is -0.481 e. The van der Waals surface area contributed by atoms with Gasteiger partial charge in [-0.3, -0.25) is 4.79 Å². The lowest BCUT2D eigenvalue weighted by Gasteiger charge is -2.22. The molecule has 1 aromatic heterocycles. The predicted octanol–water partition coefficient (Wildman–Crippen LogP) is 0.770. The monoisotopic (exact) mass is 224 g/mol. The summed E-state index contributed by atoms with van der Waals surface area (Å²) >= 11 is 0. The molecule has 1 aromatic rings. The molecule has 2 N–H and O–H groups in total. The lowest BCUT2D eigenvalue weighted by atomic mass is 9.96. The molecule has 0 saturated heterocycles. The van der Waals surface area contributed by atoms with Gasteiger partial charge in [0.1, 0.15) is 5.82 Å². The van der Waals surface area contributed by atoms with E-state index in [1.54, 1.807) is 6.20 Å². The van der Waals surface area contributed by atoms with Crippen LogP contribution in [-0.2, 0) is 17.8 Å². The molecule has 0 radical (unpaired) electrons. The quantitative estimate of drug-likeness (QED) is 0.792. The molecular formula is C11H16N2O3. The Morgan fingerprint density at radius 2 is 2.44 bits per heavy atom. The summed E-state index contributed by atoms with van der Waals surface area (Å²) in [5, 5.41) is 17.9. The molecule has 0 amide bonds. The summed E-state index contributed by atoms with van der Waals surface area (Å²) in [7, 11) is 0. The summed E-state index contributed by atoms with van der Waals surface area (Å²) in [5.74, 6) is -0.284. The van der Waals surface area contributed by atoms with Crippen LogP contribution in [-0.4, -0.2) is 32.3 Å². The molecule has 88 valence electrons. The summed E-state index contributed by atoms with van der Waals surface area (Å²) in [6, 6.07) is 0. The number of aliphatic carboxylic acids is 1. The van der Waals surface area contributed by atoms with Crippen LogP contribution in [0.4, 0.5) is 0 Å². The summed E-state index contributed by atoms with van der Waals surface area (Å²) in [6.07, 6.45) is 4.63. The van der Waals surface area contributed by atoms with Crippen molar-refractivity contribution in [1.29, 1.82) is 0 Å². The lowest BCUT2D eigenvalue weighted by Crippen LogP contribution is -2.22. The Bertz CT molecular complexity index is 387. The van der Waals surface area contributed by atoms with E-state index in [0.717, 1.165) is 24.5 Å². The third-order valence-corrected chi connectivity index (χ3v) is 3.06. The number of aliphatic hydroxyl groups is 1. The van der Waals surface area contributed by atoms with E-state index in [1.165, 1.54) is 0 Å². The van der Waals surface area contributed by atoms with E-state index in [2.05, 4.69) is 4.98 Å². The molecule has 1 aliphatic rings. The minimum absolute atomic E-state index is 0.143. The van der Waals surface area contributed by atoms with E-state index in [9.17, 15) is 4.79 Å². The standard InChI is InChI=1S/C11H16N2O3/c14-6-2-4-10-12-7-9-8(11(15)16)3-1-5-13(9)10/h7-8,14H,1-6H2,(H,15,16). The zero-order valence-corrected chi connectivity index (χ0v) is 9.09. The molecule has 2 heterocycles. The number of hydrogen-bond donors (Lipinski definition) is 2. The molecule has 0 spiro atoms. The van der Waals surface area contributed by atoms with Gasteiger partial charge in [-0.1, -0.05) is 0 Å². The van der Waals surface area contributed by atoms with Gasteiger partial charge in [0, 0.05) is 25.8 Å². The average Bonchev–Trinajstić information content (AvgIpc) is 2.69. The largest absolute Gasteiger partial charge is 0.481 e. The first-order chi connectivity index (χ1) is 7.74. The highest BCUT2D eigenvalue weighted by Crippen LogP contribution is 2.28. The van der Waals surface area contributed by atoms with Crippen LogP contribution in [0.25, 0.3) is 0 Å². The van der Waals surface area contributed by atoms with Gasteiger partial charge in [0.25, 0.3) is 0 Å². The number of hydrogen-bond acceptors (Lipinski definition) is 3. The fourth-order valence-corrected chi connectivity index (χ4v) is 2.25. The van der Waals surface area contributed by atoms with Gasteiger partial charge in [0.05, 0.1) is 11.6 Å². The van der Waals surface area contributed by atoms with Crippen LogP contribution in [0, 0.1) is 0 Å². The van der Waals surface area contributed by atoms with Crippen molar-refractivity contribution in [2.75, 3.05) is 6.61 Å². The molecular weight excluding hydrogens is 208 g/mol. The van der Waals surface area contributed by atoms with E-state index >= 15 is 0 Å². The first-order valence-electron chi connectivity index (χ1n) is 5.62. The summed E-state index contributed by atoms with van der Waals surface area (Å²) in [6.45, 7) is 0.991. The molecule has 0 fully saturated rings. The maximum Gasteiger partial charge on any atom is 0.312 e. The van der Waals surface area contributed by atoms with Crippen LogP contribution in [0.5, 0.6) is 0 Å². The van der Waals surface area contributed by atoms with Crippen LogP contribution in [0.15, 0.2) is 6.20 Å². The fourth-order valence-electron chi connectivity index (χ4n) is 2.25. The highest BCUT2D eigenvalue weighted by molar-refractivity contribution is 5.75. The number of aryl methyl sites for hydroxylation is 1. The summed E-state index contributed by atoms with van der Waals surface area (Å²) in [4.78, 5) is 15.3. The topological polar surface area (TPSA) is 75.3 Å². The number of aromatic nitrogens is 2. The number of imidazole rings is 1. The molecule has 1 atom stereocenters. The number of carboxylic acid groups (broad SMARTS) is 1.